The number of hydrogen-bond acceptors (Lipinski definition) is 6. The van der Waals surface area contributed by atoms with Crippen molar-refractivity contribution in [2.24, 2.45) is 0 Å². The number of carbonyl (C=O) groups excluding carboxylic acids is 2. The van der Waals surface area contributed by atoms with E-state index >= 15 is 0 Å². The number of hydrogen-bond donors (Lipinski definition) is 3. The highest BCUT2D eigenvalue weighted by molar-refractivity contribution is 5.97. The second-order valence-electron chi connectivity index (χ2n) is 5.67. The van der Waals surface area contributed by atoms with Gasteiger partial charge in [-0.25, -0.2) is 9.97 Å². The van der Waals surface area contributed by atoms with Gasteiger partial charge in [-0.3, -0.25) is 9.59 Å². The number of piperazine rings is 1. The topological polar surface area (TPSA) is 99.2 Å². The summed E-state index contributed by atoms with van der Waals surface area (Å²) in [5, 5.41) is 8.88. The molecule has 1 aliphatic rings. The van der Waals surface area contributed by atoms with E-state index in [1.165, 1.54) is 6.33 Å². The molecule has 1 fully saturated rings. The van der Waals surface area contributed by atoms with Crippen molar-refractivity contribution in [2.45, 2.75) is 6.54 Å². The third kappa shape index (κ3) is 4.23. The van der Waals surface area contributed by atoms with E-state index in [0.717, 1.165) is 17.2 Å². The van der Waals surface area contributed by atoms with Crippen molar-refractivity contribution in [3.63, 3.8) is 0 Å². The van der Waals surface area contributed by atoms with Crippen LogP contribution in [-0.4, -0.2) is 53.4 Å². The standard InChI is InChI=1S/C17H20N6O2/c1-18-14-8-15(22-11-21-14)20-9-12-2-4-13(5-3-12)17(25)23-7-6-19-16(24)10-23/h2-5,8,11H,6-7,9-10H2,1H3,(H,19,24)(H2,18,20,21,22). The molecular weight excluding hydrogens is 320 g/mol. The van der Waals surface area contributed by atoms with Crippen molar-refractivity contribution >= 4 is 23.5 Å². The Labute approximate surface area is 145 Å². The summed E-state index contributed by atoms with van der Waals surface area (Å²) in [6, 6.07) is 9.17. The van der Waals surface area contributed by atoms with Gasteiger partial charge in [0.05, 0.1) is 6.54 Å². The highest BCUT2D eigenvalue weighted by atomic mass is 16.2. The Morgan fingerprint density at radius 1 is 1.24 bits per heavy atom. The molecule has 2 heterocycles. The largest absolute Gasteiger partial charge is 0.373 e. The average molecular weight is 340 g/mol. The number of nitrogens with zero attached hydrogens (tertiary/aromatic N) is 3. The van der Waals surface area contributed by atoms with E-state index in [1.54, 1.807) is 24.1 Å². The van der Waals surface area contributed by atoms with Crippen molar-refractivity contribution < 1.29 is 9.59 Å². The molecule has 3 N–H and O–H groups in total. The van der Waals surface area contributed by atoms with E-state index in [-0.39, 0.29) is 18.4 Å². The smallest absolute Gasteiger partial charge is 0.254 e. The predicted molar refractivity (Wildman–Crippen MR) is 94.3 cm³/mol. The van der Waals surface area contributed by atoms with Crippen LogP contribution in [0, 0.1) is 0 Å². The van der Waals surface area contributed by atoms with E-state index in [2.05, 4.69) is 25.9 Å². The van der Waals surface area contributed by atoms with Crippen LogP contribution < -0.4 is 16.0 Å². The summed E-state index contributed by atoms with van der Waals surface area (Å²) >= 11 is 0. The van der Waals surface area contributed by atoms with Gasteiger partial charge in [-0.15, -0.1) is 0 Å². The predicted octanol–water partition coefficient (Wildman–Crippen LogP) is 0.702. The van der Waals surface area contributed by atoms with Gasteiger partial charge in [-0.1, -0.05) is 12.1 Å². The first-order valence-electron chi connectivity index (χ1n) is 8.04. The van der Waals surface area contributed by atoms with Gasteiger partial charge in [-0.05, 0) is 17.7 Å². The molecule has 8 nitrogen and oxygen atoms in total. The summed E-state index contributed by atoms with van der Waals surface area (Å²) in [5.41, 5.74) is 1.61. The fourth-order valence-electron chi connectivity index (χ4n) is 2.54. The van der Waals surface area contributed by atoms with Crippen molar-refractivity contribution in [1.29, 1.82) is 0 Å². The van der Waals surface area contributed by atoms with Crippen LogP contribution >= 0.6 is 0 Å². The molecule has 1 aromatic heterocycles. The maximum atomic E-state index is 12.4. The highest BCUT2D eigenvalue weighted by Crippen LogP contribution is 2.12. The lowest BCUT2D eigenvalue weighted by atomic mass is 10.1. The zero-order valence-electron chi connectivity index (χ0n) is 14.0. The molecule has 8 heteroatoms. The fraction of sp³-hybridized carbons (Fsp3) is 0.294. The zero-order chi connectivity index (χ0) is 17.6. The SMILES string of the molecule is CNc1cc(NCc2ccc(C(=O)N3CCNC(=O)C3)cc2)ncn1. The summed E-state index contributed by atoms with van der Waals surface area (Å²) in [6.07, 6.45) is 1.49. The lowest BCUT2D eigenvalue weighted by Crippen LogP contribution is -2.49. The van der Waals surface area contributed by atoms with Gasteiger partial charge in [0.1, 0.15) is 18.0 Å². The average Bonchev–Trinajstić information content (AvgIpc) is 2.66. The van der Waals surface area contributed by atoms with E-state index in [9.17, 15) is 9.59 Å². The maximum absolute atomic E-state index is 12.4. The molecular formula is C17H20N6O2. The molecule has 0 aliphatic carbocycles. The van der Waals surface area contributed by atoms with Gasteiger partial charge in [0.15, 0.2) is 0 Å². The van der Waals surface area contributed by atoms with Gasteiger partial charge >= 0.3 is 0 Å². The molecule has 1 aromatic carbocycles. The van der Waals surface area contributed by atoms with Crippen LogP contribution in [-0.2, 0) is 11.3 Å². The van der Waals surface area contributed by atoms with Gasteiger partial charge in [-0.2, -0.15) is 0 Å². The molecule has 0 atom stereocenters. The number of nitrogens with one attached hydrogen (secondary N) is 3. The molecule has 1 aliphatic heterocycles. The number of amides is 2. The molecule has 2 aromatic rings. The fourth-order valence-corrected chi connectivity index (χ4v) is 2.54. The van der Waals surface area contributed by atoms with E-state index in [1.807, 2.05) is 18.2 Å². The minimum atomic E-state index is -0.121. The zero-order valence-corrected chi connectivity index (χ0v) is 14.0. The molecule has 0 unspecified atom stereocenters. The molecule has 0 radical (unpaired) electrons. The quantitative estimate of drug-likeness (QED) is 0.741. The monoisotopic (exact) mass is 340 g/mol. The molecule has 0 bridgehead atoms. The van der Waals surface area contributed by atoms with E-state index < -0.39 is 0 Å². The first kappa shape index (κ1) is 16.7. The maximum Gasteiger partial charge on any atom is 0.254 e. The van der Waals surface area contributed by atoms with Crippen LogP contribution in [0.15, 0.2) is 36.7 Å². The molecule has 1 saturated heterocycles. The molecule has 0 spiro atoms. The van der Waals surface area contributed by atoms with Crippen LogP contribution in [0.5, 0.6) is 0 Å². The van der Waals surface area contributed by atoms with Crippen molar-refractivity contribution in [3.05, 3.63) is 47.8 Å². The number of carbonyl (C=O) groups is 2. The van der Waals surface area contributed by atoms with Gasteiger partial charge in [0, 0.05) is 38.3 Å². The van der Waals surface area contributed by atoms with Crippen LogP contribution in [0.4, 0.5) is 11.6 Å². The summed E-state index contributed by atoms with van der Waals surface area (Å²) in [4.78, 5) is 33.6. The Bertz CT molecular complexity index is 762. The molecule has 3 rings (SSSR count). The second-order valence-corrected chi connectivity index (χ2v) is 5.67. The second kappa shape index (κ2) is 7.61. The molecule has 25 heavy (non-hydrogen) atoms. The Kier molecular flexibility index (Phi) is 5.08. The van der Waals surface area contributed by atoms with Crippen LogP contribution in [0.3, 0.4) is 0 Å². The number of anilines is 2. The molecule has 130 valence electrons. The van der Waals surface area contributed by atoms with E-state index in [4.69, 9.17) is 0 Å². The Hall–Kier alpha value is -3.16. The first-order valence-corrected chi connectivity index (χ1v) is 8.04. The third-order valence-electron chi connectivity index (χ3n) is 3.92. The summed E-state index contributed by atoms with van der Waals surface area (Å²) in [5.74, 6) is 1.22. The number of rotatable bonds is 5. The summed E-state index contributed by atoms with van der Waals surface area (Å²) in [7, 11) is 1.80. The summed E-state index contributed by atoms with van der Waals surface area (Å²) in [6.45, 7) is 1.74. The number of aromatic nitrogens is 2. The van der Waals surface area contributed by atoms with Crippen LogP contribution in [0.25, 0.3) is 0 Å². The van der Waals surface area contributed by atoms with Crippen LogP contribution in [0.1, 0.15) is 15.9 Å². The van der Waals surface area contributed by atoms with Gasteiger partial charge < -0.3 is 20.9 Å². The van der Waals surface area contributed by atoms with E-state index in [0.29, 0.717) is 25.2 Å². The van der Waals surface area contributed by atoms with Crippen molar-refractivity contribution in [3.8, 4) is 0 Å². The normalized spacial score (nSPS) is 14.0. The van der Waals surface area contributed by atoms with Crippen molar-refractivity contribution in [1.82, 2.24) is 20.2 Å². The Morgan fingerprint density at radius 2 is 2.00 bits per heavy atom. The summed E-state index contributed by atoms with van der Waals surface area (Å²) < 4.78 is 0. The third-order valence-corrected chi connectivity index (χ3v) is 3.92. The highest BCUT2D eigenvalue weighted by Gasteiger charge is 2.21. The minimum Gasteiger partial charge on any atom is -0.373 e. The molecule has 2 amide bonds. The molecule has 0 saturated carbocycles. The van der Waals surface area contributed by atoms with Crippen molar-refractivity contribution in [2.75, 3.05) is 37.3 Å². The van der Waals surface area contributed by atoms with Crippen LogP contribution in [0.2, 0.25) is 0 Å². The van der Waals surface area contributed by atoms with Gasteiger partial charge in [0.25, 0.3) is 5.91 Å². The minimum absolute atomic E-state index is 0.115. The lowest BCUT2D eigenvalue weighted by molar-refractivity contribution is -0.123. The Balaban J connectivity index is 1.60. The first-order chi connectivity index (χ1) is 12.2. The van der Waals surface area contributed by atoms with Gasteiger partial charge in [0.2, 0.25) is 5.91 Å². The Morgan fingerprint density at radius 3 is 2.72 bits per heavy atom. The lowest BCUT2D eigenvalue weighted by Gasteiger charge is -2.26. The number of benzene rings is 1.